The van der Waals surface area contributed by atoms with E-state index in [1.165, 1.54) is 44.2 Å². The normalized spacial score (nSPS) is 22.7. The van der Waals surface area contributed by atoms with E-state index in [1.54, 1.807) is 14.2 Å². The molecule has 2 fully saturated rings. The number of nitrogens with zero attached hydrogens (tertiary/aromatic N) is 2. The van der Waals surface area contributed by atoms with Gasteiger partial charge in [-0.25, -0.2) is 0 Å². The van der Waals surface area contributed by atoms with E-state index in [-0.39, 0.29) is 6.61 Å². The molecule has 5 nitrogen and oxygen atoms in total. The predicted molar refractivity (Wildman–Crippen MR) is 108 cm³/mol. The lowest BCUT2D eigenvalue weighted by Gasteiger charge is -2.43. The van der Waals surface area contributed by atoms with Crippen LogP contribution in [0.5, 0.6) is 11.5 Å². The van der Waals surface area contributed by atoms with E-state index in [1.807, 2.05) is 12.1 Å². The molecule has 1 aromatic carbocycles. The van der Waals surface area contributed by atoms with Crippen LogP contribution in [0.1, 0.15) is 44.1 Å². The second-order valence-electron chi connectivity index (χ2n) is 8.05. The van der Waals surface area contributed by atoms with Crippen LogP contribution in [0, 0.1) is 5.92 Å². The quantitative estimate of drug-likeness (QED) is 0.755. The lowest BCUT2D eigenvalue weighted by molar-refractivity contribution is 0.0397. The van der Waals surface area contributed by atoms with Crippen molar-refractivity contribution in [3.05, 3.63) is 23.8 Å². The maximum atomic E-state index is 9.59. The summed E-state index contributed by atoms with van der Waals surface area (Å²) in [6.45, 7) is 5.50. The third-order valence-corrected chi connectivity index (χ3v) is 6.25. The largest absolute Gasteiger partial charge is 0.493 e. The van der Waals surface area contributed by atoms with E-state index in [2.05, 4.69) is 15.9 Å². The van der Waals surface area contributed by atoms with Crippen molar-refractivity contribution in [2.75, 3.05) is 47.0 Å². The fourth-order valence-electron chi connectivity index (χ4n) is 4.78. The van der Waals surface area contributed by atoms with Crippen molar-refractivity contribution in [2.24, 2.45) is 5.92 Å². The summed E-state index contributed by atoms with van der Waals surface area (Å²) in [4.78, 5) is 5.14. The monoisotopic (exact) mass is 376 g/mol. The van der Waals surface area contributed by atoms with E-state index >= 15 is 0 Å². The van der Waals surface area contributed by atoms with Crippen LogP contribution in [-0.4, -0.2) is 68.0 Å². The van der Waals surface area contributed by atoms with E-state index < -0.39 is 0 Å². The van der Waals surface area contributed by atoms with Crippen molar-refractivity contribution in [3.8, 4) is 11.5 Å². The SMILES string of the molecule is COc1cccc(CN2CCN(CC3CCCCC3)[C@@H](CCO)C2)c1OC. The van der Waals surface area contributed by atoms with Crippen molar-refractivity contribution in [1.29, 1.82) is 0 Å². The minimum absolute atomic E-state index is 0.266. The zero-order chi connectivity index (χ0) is 19.1. The Labute approximate surface area is 164 Å². The van der Waals surface area contributed by atoms with Crippen LogP contribution in [-0.2, 0) is 6.54 Å². The molecule has 0 bridgehead atoms. The average Bonchev–Trinajstić information content (AvgIpc) is 2.70. The predicted octanol–water partition coefficient (Wildman–Crippen LogP) is 3.15. The molecule has 0 aromatic heterocycles. The Hall–Kier alpha value is -1.30. The summed E-state index contributed by atoms with van der Waals surface area (Å²) in [5.41, 5.74) is 1.17. The molecular weight excluding hydrogens is 340 g/mol. The van der Waals surface area contributed by atoms with Gasteiger partial charge in [-0.2, -0.15) is 0 Å². The first-order chi connectivity index (χ1) is 13.2. The number of para-hydroxylation sites is 1. The van der Waals surface area contributed by atoms with Gasteiger partial charge < -0.3 is 14.6 Å². The van der Waals surface area contributed by atoms with Crippen molar-refractivity contribution in [3.63, 3.8) is 0 Å². The van der Waals surface area contributed by atoms with Gasteiger partial charge in [0.25, 0.3) is 0 Å². The summed E-state index contributed by atoms with van der Waals surface area (Å²) in [6.07, 6.45) is 7.82. The molecule has 0 unspecified atom stereocenters. The minimum Gasteiger partial charge on any atom is -0.493 e. The molecule has 1 saturated carbocycles. The number of aliphatic hydroxyl groups is 1. The second kappa shape index (κ2) is 10.3. The standard InChI is InChI=1S/C22H36N2O3/c1-26-21-10-6-9-19(22(21)27-2)16-23-12-13-24(20(17-23)11-14-25)15-18-7-4-3-5-8-18/h6,9-10,18,20,25H,3-5,7-8,11-17H2,1-2H3/t20-/m0/s1. The fourth-order valence-corrected chi connectivity index (χ4v) is 4.78. The molecule has 0 amide bonds. The molecule has 5 heteroatoms. The molecule has 152 valence electrons. The third-order valence-electron chi connectivity index (χ3n) is 6.25. The molecule has 27 heavy (non-hydrogen) atoms. The first-order valence-electron chi connectivity index (χ1n) is 10.5. The Kier molecular flexibility index (Phi) is 7.80. The molecule has 1 aliphatic carbocycles. The number of piperazine rings is 1. The molecule has 0 spiro atoms. The molecule has 1 aromatic rings. The van der Waals surface area contributed by atoms with Gasteiger partial charge in [0.1, 0.15) is 0 Å². The maximum absolute atomic E-state index is 9.59. The number of ether oxygens (including phenoxy) is 2. The van der Waals surface area contributed by atoms with Gasteiger partial charge in [0.15, 0.2) is 11.5 Å². The first-order valence-corrected chi connectivity index (χ1v) is 10.5. The van der Waals surface area contributed by atoms with E-state index in [9.17, 15) is 5.11 Å². The summed E-state index contributed by atoms with van der Waals surface area (Å²) >= 11 is 0. The lowest BCUT2D eigenvalue weighted by atomic mass is 9.88. The number of methoxy groups -OCH3 is 2. The minimum atomic E-state index is 0.266. The summed E-state index contributed by atoms with van der Waals surface area (Å²) in [6, 6.07) is 6.54. The van der Waals surface area contributed by atoms with Crippen molar-refractivity contribution >= 4 is 0 Å². The van der Waals surface area contributed by atoms with Crippen LogP contribution in [0.4, 0.5) is 0 Å². The van der Waals surface area contributed by atoms with Gasteiger partial charge >= 0.3 is 0 Å². The summed E-state index contributed by atoms with van der Waals surface area (Å²) in [5, 5.41) is 9.59. The Morgan fingerprint density at radius 3 is 2.59 bits per heavy atom. The van der Waals surface area contributed by atoms with Gasteiger partial charge in [0.2, 0.25) is 0 Å². The van der Waals surface area contributed by atoms with Gasteiger partial charge in [-0.05, 0) is 31.2 Å². The Morgan fingerprint density at radius 2 is 1.89 bits per heavy atom. The first kappa shape index (κ1) is 20.4. The molecule has 1 atom stereocenters. The summed E-state index contributed by atoms with van der Waals surface area (Å²) < 4.78 is 11.0. The van der Waals surface area contributed by atoms with Crippen LogP contribution in [0.25, 0.3) is 0 Å². The van der Waals surface area contributed by atoms with Gasteiger partial charge in [-0.3, -0.25) is 9.80 Å². The van der Waals surface area contributed by atoms with Crippen molar-refractivity contribution in [1.82, 2.24) is 9.80 Å². The molecule has 3 rings (SSSR count). The molecular formula is C22H36N2O3. The van der Waals surface area contributed by atoms with Crippen LogP contribution >= 0.6 is 0 Å². The van der Waals surface area contributed by atoms with Crippen LogP contribution < -0.4 is 9.47 Å². The van der Waals surface area contributed by atoms with Gasteiger partial charge in [-0.1, -0.05) is 31.4 Å². The summed E-state index contributed by atoms with van der Waals surface area (Å²) in [5.74, 6) is 2.48. The molecule has 2 aliphatic rings. The van der Waals surface area contributed by atoms with Crippen LogP contribution in [0.2, 0.25) is 0 Å². The topological polar surface area (TPSA) is 45.2 Å². The Balaban J connectivity index is 1.62. The molecule has 0 radical (unpaired) electrons. The third kappa shape index (κ3) is 5.37. The molecule has 1 N–H and O–H groups in total. The van der Waals surface area contributed by atoms with Crippen LogP contribution in [0.3, 0.4) is 0 Å². The smallest absolute Gasteiger partial charge is 0.165 e. The highest BCUT2D eigenvalue weighted by Crippen LogP contribution is 2.32. The zero-order valence-electron chi connectivity index (χ0n) is 17.0. The fraction of sp³-hybridized carbons (Fsp3) is 0.727. The Morgan fingerprint density at radius 1 is 1.07 bits per heavy atom. The molecule has 1 saturated heterocycles. The van der Waals surface area contributed by atoms with Crippen LogP contribution in [0.15, 0.2) is 18.2 Å². The highest BCUT2D eigenvalue weighted by atomic mass is 16.5. The van der Waals surface area contributed by atoms with Gasteiger partial charge in [0, 0.05) is 50.9 Å². The number of aliphatic hydroxyl groups excluding tert-OH is 1. The molecule has 1 heterocycles. The molecule has 1 aliphatic heterocycles. The number of rotatable bonds is 8. The summed E-state index contributed by atoms with van der Waals surface area (Å²) in [7, 11) is 3.39. The number of benzene rings is 1. The average molecular weight is 377 g/mol. The zero-order valence-corrected chi connectivity index (χ0v) is 17.0. The highest BCUT2D eigenvalue weighted by Gasteiger charge is 2.29. The number of hydrogen-bond acceptors (Lipinski definition) is 5. The van der Waals surface area contributed by atoms with Crippen molar-refractivity contribution in [2.45, 2.75) is 51.1 Å². The Bertz CT molecular complexity index is 575. The second-order valence-corrected chi connectivity index (χ2v) is 8.05. The van der Waals surface area contributed by atoms with E-state index in [0.29, 0.717) is 6.04 Å². The van der Waals surface area contributed by atoms with Crippen molar-refractivity contribution < 1.29 is 14.6 Å². The maximum Gasteiger partial charge on any atom is 0.165 e. The van der Waals surface area contributed by atoms with E-state index in [4.69, 9.17) is 9.47 Å². The highest BCUT2D eigenvalue weighted by molar-refractivity contribution is 5.46. The van der Waals surface area contributed by atoms with E-state index in [0.717, 1.165) is 50.0 Å². The van der Waals surface area contributed by atoms with Gasteiger partial charge in [0.05, 0.1) is 14.2 Å². The van der Waals surface area contributed by atoms with Gasteiger partial charge in [-0.15, -0.1) is 0 Å². The lowest BCUT2D eigenvalue weighted by Crippen LogP contribution is -2.54. The number of hydrogen-bond donors (Lipinski definition) is 1.